The molecule has 9 nitrogen and oxygen atoms in total. The third-order valence-corrected chi connectivity index (χ3v) is 7.05. The SMILES string of the molecule is CCCCCNC(=O)[C@@](C)(NC(=O)OCC1c2ccccc2-c2ccccc21)OC(=O)c1ccc2ocnc2c1. The Balaban J connectivity index is 1.31. The van der Waals surface area contributed by atoms with E-state index >= 15 is 0 Å². The molecule has 0 radical (unpaired) electrons. The molecule has 3 aromatic carbocycles. The fourth-order valence-electron chi connectivity index (χ4n) is 4.93. The predicted molar refractivity (Wildman–Crippen MR) is 149 cm³/mol. The standard InChI is InChI=1S/C31H31N3O6/c1-3-4-9-16-32-29(36)31(2,40-28(35)20-14-15-27-26(17-20)33-19-39-27)34-30(37)38-18-25-23-12-7-5-10-21(23)22-11-6-8-13-24(22)25/h5-8,10-15,17,19,25H,3-4,9,16,18H2,1-2H3,(H,32,36)(H,34,37)/t31-/m0/s1. The van der Waals surface area contributed by atoms with Crippen LogP contribution in [0, 0.1) is 0 Å². The number of hydrogen-bond acceptors (Lipinski definition) is 7. The number of nitrogens with one attached hydrogen (secondary N) is 2. The number of unbranched alkanes of at least 4 members (excludes halogenated alkanes) is 2. The van der Waals surface area contributed by atoms with Gasteiger partial charge in [-0.2, -0.15) is 0 Å². The van der Waals surface area contributed by atoms with Gasteiger partial charge >= 0.3 is 12.1 Å². The molecule has 4 aromatic rings. The second kappa shape index (κ2) is 11.6. The van der Waals surface area contributed by atoms with Crippen LogP contribution < -0.4 is 10.6 Å². The average molecular weight is 542 g/mol. The lowest BCUT2D eigenvalue weighted by Gasteiger charge is -2.29. The molecule has 0 saturated carbocycles. The van der Waals surface area contributed by atoms with E-state index in [4.69, 9.17) is 13.9 Å². The van der Waals surface area contributed by atoms with Gasteiger partial charge in [-0.15, -0.1) is 0 Å². The van der Waals surface area contributed by atoms with E-state index in [1.54, 1.807) is 6.07 Å². The fraction of sp³-hybridized carbons (Fsp3) is 0.290. The van der Waals surface area contributed by atoms with E-state index in [9.17, 15) is 14.4 Å². The monoisotopic (exact) mass is 541 g/mol. The summed E-state index contributed by atoms with van der Waals surface area (Å²) in [6, 6.07) is 20.6. The number of fused-ring (bicyclic) bond motifs is 4. The Kier molecular flexibility index (Phi) is 7.82. The summed E-state index contributed by atoms with van der Waals surface area (Å²) in [6.45, 7) is 3.80. The Hall–Kier alpha value is -4.66. The van der Waals surface area contributed by atoms with Gasteiger partial charge in [0.15, 0.2) is 12.0 Å². The van der Waals surface area contributed by atoms with E-state index < -0.39 is 23.7 Å². The molecule has 1 atom stereocenters. The van der Waals surface area contributed by atoms with Crippen LogP contribution in [0.4, 0.5) is 4.79 Å². The van der Waals surface area contributed by atoms with Gasteiger partial charge in [0.25, 0.3) is 11.6 Å². The minimum Gasteiger partial charge on any atom is -0.448 e. The third kappa shape index (κ3) is 5.54. The summed E-state index contributed by atoms with van der Waals surface area (Å²) in [6.07, 6.45) is 3.04. The Labute approximate surface area is 231 Å². The number of rotatable bonds is 10. The van der Waals surface area contributed by atoms with E-state index in [2.05, 4.69) is 22.5 Å². The number of aromatic nitrogens is 1. The Morgan fingerprint density at radius 1 is 0.975 bits per heavy atom. The first-order valence-corrected chi connectivity index (χ1v) is 13.4. The van der Waals surface area contributed by atoms with Gasteiger partial charge in [-0.25, -0.2) is 14.6 Å². The number of oxazole rings is 1. The van der Waals surface area contributed by atoms with Crippen LogP contribution >= 0.6 is 0 Å². The van der Waals surface area contributed by atoms with E-state index in [0.717, 1.165) is 41.5 Å². The molecule has 2 N–H and O–H groups in total. The van der Waals surface area contributed by atoms with Gasteiger partial charge in [-0.3, -0.25) is 10.1 Å². The normalized spacial score (nSPS) is 13.7. The summed E-state index contributed by atoms with van der Waals surface area (Å²) in [5, 5.41) is 5.24. The number of amides is 2. The van der Waals surface area contributed by atoms with Crippen molar-refractivity contribution in [2.45, 2.75) is 44.8 Å². The maximum Gasteiger partial charge on any atom is 0.410 e. The smallest absolute Gasteiger partial charge is 0.410 e. The molecule has 0 saturated heterocycles. The van der Waals surface area contributed by atoms with Crippen molar-refractivity contribution < 1.29 is 28.3 Å². The number of hydrogen-bond donors (Lipinski definition) is 2. The summed E-state index contributed by atoms with van der Waals surface area (Å²) in [5.74, 6) is -1.63. The molecule has 1 aliphatic carbocycles. The molecular weight excluding hydrogens is 510 g/mol. The highest BCUT2D eigenvalue weighted by Crippen LogP contribution is 2.44. The summed E-state index contributed by atoms with van der Waals surface area (Å²) in [5.41, 5.74) is 3.41. The van der Waals surface area contributed by atoms with Crippen molar-refractivity contribution in [3.05, 3.63) is 89.8 Å². The zero-order valence-corrected chi connectivity index (χ0v) is 22.4. The van der Waals surface area contributed by atoms with Gasteiger partial charge < -0.3 is 19.2 Å². The zero-order valence-electron chi connectivity index (χ0n) is 22.4. The average Bonchev–Trinajstić information content (AvgIpc) is 3.56. The first-order valence-electron chi connectivity index (χ1n) is 13.4. The molecule has 0 fully saturated rings. The molecule has 0 spiro atoms. The van der Waals surface area contributed by atoms with Crippen molar-refractivity contribution in [3.63, 3.8) is 0 Å². The predicted octanol–water partition coefficient (Wildman–Crippen LogP) is 5.55. The highest BCUT2D eigenvalue weighted by Gasteiger charge is 2.40. The Morgan fingerprint density at radius 3 is 2.38 bits per heavy atom. The number of carbonyl (C=O) groups excluding carboxylic acids is 3. The summed E-state index contributed by atoms with van der Waals surface area (Å²) < 4.78 is 16.4. The van der Waals surface area contributed by atoms with Crippen molar-refractivity contribution in [1.82, 2.24) is 15.6 Å². The van der Waals surface area contributed by atoms with Crippen LogP contribution in [-0.2, 0) is 14.3 Å². The van der Waals surface area contributed by atoms with Crippen molar-refractivity contribution in [2.75, 3.05) is 13.2 Å². The molecule has 206 valence electrons. The maximum atomic E-state index is 13.2. The molecule has 5 rings (SSSR count). The fourth-order valence-corrected chi connectivity index (χ4v) is 4.93. The number of ether oxygens (including phenoxy) is 2. The van der Waals surface area contributed by atoms with Gasteiger partial charge in [0.1, 0.15) is 12.1 Å². The number of nitrogens with zero attached hydrogens (tertiary/aromatic N) is 1. The Morgan fingerprint density at radius 2 is 1.68 bits per heavy atom. The molecule has 2 amide bonds. The van der Waals surface area contributed by atoms with Gasteiger partial charge in [0.2, 0.25) is 0 Å². The summed E-state index contributed by atoms with van der Waals surface area (Å²) >= 11 is 0. The molecule has 0 aliphatic heterocycles. The quantitative estimate of drug-likeness (QED) is 0.154. The molecule has 1 heterocycles. The van der Waals surface area contributed by atoms with Crippen molar-refractivity contribution in [2.24, 2.45) is 0 Å². The number of esters is 1. The van der Waals surface area contributed by atoms with Gasteiger partial charge in [-0.1, -0.05) is 68.3 Å². The van der Waals surface area contributed by atoms with Crippen molar-refractivity contribution in [1.29, 1.82) is 0 Å². The molecular formula is C31H31N3O6. The van der Waals surface area contributed by atoms with E-state index in [0.29, 0.717) is 17.6 Å². The first-order chi connectivity index (χ1) is 19.4. The lowest BCUT2D eigenvalue weighted by molar-refractivity contribution is -0.141. The van der Waals surface area contributed by atoms with Crippen LogP contribution in [0.5, 0.6) is 0 Å². The largest absolute Gasteiger partial charge is 0.448 e. The van der Waals surface area contributed by atoms with Gasteiger partial charge in [-0.05, 0) is 46.9 Å². The van der Waals surface area contributed by atoms with Crippen LogP contribution in [0.2, 0.25) is 0 Å². The van der Waals surface area contributed by atoms with E-state index in [1.165, 1.54) is 25.5 Å². The topological polar surface area (TPSA) is 120 Å². The third-order valence-electron chi connectivity index (χ3n) is 7.05. The van der Waals surface area contributed by atoms with Crippen molar-refractivity contribution in [3.8, 4) is 11.1 Å². The van der Waals surface area contributed by atoms with Crippen LogP contribution in [-0.4, -0.2) is 41.8 Å². The summed E-state index contributed by atoms with van der Waals surface area (Å²) in [4.78, 5) is 43.4. The van der Waals surface area contributed by atoms with Crippen molar-refractivity contribution >= 4 is 29.1 Å². The highest BCUT2D eigenvalue weighted by molar-refractivity contribution is 5.97. The summed E-state index contributed by atoms with van der Waals surface area (Å²) in [7, 11) is 0. The molecule has 0 bridgehead atoms. The van der Waals surface area contributed by atoms with Crippen LogP contribution in [0.15, 0.2) is 77.5 Å². The van der Waals surface area contributed by atoms with Crippen LogP contribution in [0.1, 0.15) is 60.5 Å². The van der Waals surface area contributed by atoms with E-state index in [1.807, 2.05) is 48.5 Å². The van der Waals surface area contributed by atoms with E-state index in [-0.39, 0.29) is 18.1 Å². The number of alkyl carbamates (subject to hydrolysis) is 1. The second-order valence-electron chi connectivity index (χ2n) is 9.87. The lowest BCUT2D eigenvalue weighted by atomic mass is 9.98. The maximum absolute atomic E-state index is 13.2. The molecule has 1 aromatic heterocycles. The number of carbonyl (C=O) groups is 3. The lowest BCUT2D eigenvalue weighted by Crippen LogP contribution is -2.59. The van der Waals surface area contributed by atoms with Crippen LogP contribution in [0.25, 0.3) is 22.2 Å². The highest BCUT2D eigenvalue weighted by atomic mass is 16.6. The van der Waals surface area contributed by atoms with Gasteiger partial charge in [0.05, 0.1) is 5.56 Å². The first kappa shape index (κ1) is 26.9. The number of benzene rings is 3. The molecule has 9 heteroatoms. The second-order valence-corrected chi connectivity index (χ2v) is 9.87. The minimum absolute atomic E-state index is 0.0465. The Bertz CT molecular complexity index is 1500. The minimum atomic E-state index is -2.02. The molecule has 0 unspecified atom stereocenters. The van der Waals surface area contributed by atoms with Gasteiger partial charge in [0, 0.05) is 19.4 Å². The molecule has 1 aliphatic rings. The zero-order chi connectivity index (χ0) is 28.1. The molecule has 40 heavy (non-hydrogen) atoms. The van der Waals surface area contributed by atoms with Crippen LogP contribution in [0.3, 0.4) is 0 Å².